The third-order valence-electron chi connectivity index (χ3n) is 4.68. The number of hydrogen-bond donors (Lipinski definition) is 1. The summed E-state index contributed by atoms with van der Waals surface area (Å²) < 4.78 is 10.6. The van der Waals surface area contributed by atoms with Gasteiger partial charge in [-0.25, -0.2) is 0 Å². The number of carbonyl (C=O) groups excluding carboxylic acids is 2. The molecule has 1 N–H and O–H groups in total. The van der Waals surface area contributed by atoms with Gasteiger partial charge in [0.05, 0.1) is 25.5 Å². The van der Waals surface area contributed by atoms with Crippen LogP contribution in [0.15, 0.2) is 36.7 Å². The first-order chi connectivity index (χ1) is 13.6. The summed E-state index contributed by atoms with van der Waals surface area (Å²) in [5.74, 6) is 1.27. The third kappa shape index (κ3) is 4.51. The number of amides is 2. The molecule has 1 aliphatic heterocycles. The molecule has 0 radical (unpaired) electrons. The molecule has 28 heavy (non-hydrogen) atoms. The Balaban J connectivity index is 1.63. The molecule has 0 atom stereocenters. The maximum Gasteiger partial charge on any atom is 0.255 e. The Morgan fingerprint density at radius 1 is 1.11 bits per heavy atom. The van der Waals surface area contributed by atoms with Crippen molar-refractivity contribution < 1.29 is 19.1 Å². The minimum Gasteiger partial charge on any atom is -0.493 e. The third-order valence-corrected chi connectivity index (χ3v) is 4.68. The lowest BCUT2D eigenvalue weighted by Crippen LogP contribution is -2.48. The number of nitrogens with zero attached hydrogens (tertiary/aromatic N) is 3. The fraction of sp³-hybridized carbons (Fsp3) is 0.350. The van der Waals surface area contributed by atoms with Gasteiger partial charge in [0, 0.05) is 45.1 Å². The minimum absolute atomic E-state index is 0.0761. The van der Waals surface area contributed by atoms with Gasteiger partial charge in [-0.05, 0) is 23.8 Å². The van der Waals surface area contributed by atoms with Crippen molar-refractivity contribution in [3.63, 3.8) is 0 Å². The Hall–Kier alpha value is -3.29. The number of nitrogens with one attached hydrogen (secondary N) is 1. The normalized spacial score (nSPS) is 13.8. The molecule has 8 nitrogen and oxygen atoms in total. The molecule has 2 aromatic rings. The molecule has 1 aromatic heterocycles. The van der Waals surface area contributed by atoms with Crippen LogP contribution in [0.25, 0.3) is 0 Å². The first-order valence-corrected chi connectivity index (χ1v) is 9.03. The van der Waals surface area contributed by atoms with E-state index in [4.69, 9.17) is 9.47 Å². The van der Waals surface area contributed by atoms with E-state index in [1.54, 1.807) is 42.5 Å². The van der Waals surface area contributed by atoms with E-state index in [2.05, 4.69) is 10.3 Å². The van der Waals surface area contributed by atoms with Gasteiger partial charge in [-0.15, -0.1) is 0 Å². The zero-order valence-corrected chi connectivity index (χ0v) is 16.1. The standard InChI is InChI=1S/C20H24N4O4/c1-27-18-4-3-15(9-19(18)28-2)11-22-17-10-16(12-21-13-17)20(26)24-7-5-23(14-25)6-8-24/h3-4,9-10,12-14,22H,5-8,11H2,1-2H3. The lowest BCUT2D eigenvalue weighted by Gasteiger charge is -2.32. The number of carbonyl (C=O) groups is 2. The van der Waals surface area contributed by atoms with Crippen LogP contribution in [0.4, 0.5) is 5.69 Å². The fourth-order valence-electron chi connectivity index (χ4n) is 3.06. The number of benzene rings is 1. The number of anilines is 1. The van der Waals surface area contributed by atoms with Crippen molar-refractivity contribution in [2.75, 3.05) is 45.7 Å². The van der Waals surface area contributed by atoms with Gasteiger partial charge in [-0.2, -0.15) is 0 Å². The Kier molecular flexibility index (Phi) is 6.31. The number of piperazine rings is 1. The molecule has 0 saturated carbocycles. The highest BCUT2D eigenvalue weighted by molar-refractivity contribution is 5.94. The second-order valence-electron chi connectivity index (χ2n) is 6.44. The highest BCUT2D eigenvalue weighted by atomic mass is 16.5. The van der Waals surface area contributed by atoms with Gasteiger partial charge in [-0.1, -0.05) is 6.07 Å². The molecule has 0 bridgehead atoms. The molecule has 2 heterocycles. The van der Waals surface area contributed by atoms with E-state index in [9.17, 15) is 9.59 Å². The highest BCUT2D eigenvalue weighted by Gasteiger charge is 2.21. The van der Waals surface area contributed by atoms with E-state index in [0.717, 1.165) is 17.7 Å². The lowest BCUT2D eigenvalue weighted by molar-refractivity contribution is -0.119. The molecule has 0 unspecified atom stereocenters. The van der Waals surface area contributed by atoms with Gasteiger partial charge in [0.2, 0.25) is 6.41 Å². The van der Waals surface area contributed by atoms with Gasteiger partial charge < -0.3 is 24.6 Å². The Labute approximate surface area is 164 Å². The van der Waals surface area contributed by atoms with Crippen LogP contribution >= 0.6 is 0 Å². The summed E-state index contributed by atoms with van der Waals surface area (Å²) in [6.45, 7) is 2.72. The molecule has 8 heteroatoms. The molecular weight excluding hydrogens is 360 g/mol. The van der Waals surface area contributed by atoms with E-state index in [1.165, 1.54) is 0 Å². The average Bonchev–Trinajstić information content (AvgIpc) is 2.77. The van der Waals surface area contributed by atoms with E-state index < -0.39 is 0 Å². The highest BCUT2D eigenvalue weighted by Crippen LogP contribution is 2.27. The largest absolute Gasteiger partial charge is 0.493 e. The minimum atomic E-state index is -0.0761. The quantitative estimate of drug-likeness (QED) is 0.731. The van der Waals surface area contributed by atoms with Crippen molar-refractivity contribution in [2.45, 2.75) is 6.54 Å². The van der Waals surface area contributed by atoms with Crippen molar-refractivity contribution in [3.8, 4) is 11.5 Å². The molecule has 0 aliphatic carbocycles. The first kappa shape index (κ1) is 19.5. The second-order valence-corrected chi connectivity index (χ2v) is 6.44. The van der Waals surface area contributed by atoms with Crippen molar-refractivity contribution in [1.82, 2.24) is 14.8 Å². The molecular formula is C20H24N4O4. The van der Waals surface area contributed by atoms with Crippen LogP contribution in [0.3, 0.4) is 0 Å². The van der Waals surface area contributed by atoms with E-state index in [1.807, 2.05) is 18.2 Å². The number of methoxy groups -OCH3 is 2. The van der Waals surface area contributed by atoms with Gasteiger partial charge in [0.1, 0.15) is 0 Å². The van der Waals surface area contributed by atoms with E-state index >= 15 is 0 Å². The summed E-state index contributed by atoms with van der Waals surface area (Å²) in [5.41, 5.74) is 2.29. The van der Waals surface area contributed by atoms with Crippen molar-refractivity contribution in [1.29, 1.82) is 0 Å². The average molecular weight is 384 g/mol. The van der Waals surface area contributed by atoms with E-state index in [-0.39, 0.29) is 5.91 Å². The Bertz CT molecular complexity index is 835. The van der Waals surface area contributed by atoms with Gasteiger partial charge in [0.25, 0.3) is 5.91 Å². The SMILES string of the molecule is COc1ccc(CNc2cncc(C(=O)N3CCN(C=O)CC3)c2)cc1OC. The molecule has 3 rings (SSSR count). The molecule has 1 aromatic carbocycles. The molecule has 1 saturated heterocycles. The first-order valence-electron chi connectivity index (χ1n) is 9.03. The van der Waals surface area contributed by atoms with Crippen molar-refractivity contribution in [3.05, 3.63) is 47.8 Å². The van der Waals surface area contributed by atoms with E-state index in [0.29, 0.717) is 49.8 Å². The number of ether oxygens (including phenoxy) is 2. The van der Waals surface area contributed by atoms with Gasteiger partial charge >= 0.3 is 0 Å². The van der Waals surface area contributed by atoms with Gasteiger partial charge in [-0.3, -0.25) is 14.6 Å². The van der Waals surface area contributed by atoms with Crippen LogP contribution in [0.5, 0.6) is 11.5 Å². The number of aromatic nitrogens is 1. The summed E-state index contributed by atoms with van der Waals surface area (Å²) in [7, 11) is 3.20. The second kappa shape index (κ2) is 9.07. The topological polar surface area (TPSA) is 84.0 Å². The molecule has 1 aliphatic rings. The summed E-state index contributed by atoms with van der Waals surface area (Å²) in [6, 6.07) is 7.50. The van der Waals surface area contributed by atoms with Crippen LogP contribution in [0, 0.1) is 0 Å². The van der Waals surface area contributed by atoms with Crippen LogP contribution in [-0.2, 0) is 11.3 Å². The molecule has 148 valence electrons. The zero-order valence-electron chi connectivity index (χ0n) is 16.1. The summed E-state index contributed by atoms with van der Waals surface area (Å²) in [4.78, 5) is 31.1. The van der Waals surface area contributed by atoms with Crippen LogP contribution < -0.4 is 14.8 Å². The maximum atomic E-state index is 12.7. The Morgan fingerprint density at radius 2 is 1.86 bits per heavy atom. The Morgan fingerprint density at radius 3 is 2.54 bits per heavy atom. The monoisotopic (exact) mass is 384 g/mol. The van der Waals surface area contributed by atoms with Crippen molar-refractivity contribution >= 4 is 18.0 Å². The summed E-state index contributed by atoms with van der Waals surface area (Å²) in [6.07, 6.45) is 4.07. The van der Waals surface area contributed by atoms with Crippen LogP contribution in [0.1, 0.15) is 15.9 Å². The van der Waals surface area contributed by atoms with Crippen LogP contribution in [-0.4, -0.2) is 67.5 Å². The molecule has 1 fully saturated rings. The number of hydrogen-bond acceptors (Lipinski definition) is 6. The number of rotatable bonds is 7. The molecule has 2 amide bonds. The maximum absolute atomic E-state index is 12.7. The summed E-state index contributed by atoms with van der Waals surface area (Å²) >= 11 is 0. The lowest BCUT2D eigenvalue weighted by atomic mass is 10.2. The molecule has 0 spiro atoms. The zero-order chi connectivity index (χ0) is 19.9. The fourth-order valence-corrected chi connectivity index (χ4v) is 3.06. The predicted molar refractivity (Wildman–Crippen MR) is 105 cm³/mol. The number of pyridine rings is 1. The predicted octanol–water partition coefficient (Wildman–Crippen LogP) is 1.63. The summed E-state index contributed by atoms with van der Waals surface area (Å²) in [5, 5.41) is 3.28. The van der Waals surface area contributed by atoms with Gasteiger partial charge in [0.15, 0.2) is 11.5 Å². The smallest absolute Gasteiger partial charge is 0.255 e. The van der Waals surface area contributed by atoms with Crippen molar-refractivity contribution in [2.24, 2.45) is 0 Å². The van der Waals surface area contributed by atoms with Crippen LogP contribution in [0.2, 0.25) is 0 Å².